The van der Waals surface area contributed by atoms with Crippen LogP contribution >= 0.6 is 43.2 Å². The van der Waals surface area contributed by atoms with Crippen LogP contribution in [0.2, 0.25) is 0 Å². The first-order valence-electron chi connectivity index (χ1n) is 6.42. The Hall–Kier alpha value is 0.530. The topological polar surface area (TPSA) is 72.2 Å². The summed E-state index contributed by atoms with van der Waals surface area (Å²) in [5.41, 5.74) is 3.98. The summed E-state index contributed by atoms with van der Waals surface area (Å²) in [5, 5.41) is -0.238. The summed E-state index contributed by atoms with van der Waals surface area (Å²) in [4.78, 5) is 0. The van der Waals surface area contributed by atoms with Crippen molar-refractivity contribution in [2.75, 3.05) is 6.26 Å². The van der Waals surface area contributed by atoms with Crippen molar-refractivity contribution in [1.29, 1.82) is 0 Å². The molecule has 0 bridgehead atoms. The molecule has 4 nitrogen and oxygen atoms in total. The van der Waals surface area contributed by atoms with Crippen molar-refractivity contribution in [3.63, 3.8) is 0 Å². The highest BCUT2D eigenvalue weighted by Gasteiger charge is 2.34. The standard InChI is InChI=1S/C12H18Br2N2O2S2/c1-20(17,18)8-4-2-3-7(5-8)11(16-15)9-6-10(13)19-12(9)14/h6-8,11,16H,2-5,15H2,1H3. The molecule has 0 spiro atoms. The van der Waals surface area contributed by atoms with Gasteiger partial charge in [0.05, 0.1) is 18.9 Å². The zero-order chi connectivity index (χ0) is 14.9. The molecule has 0 aromatic carbocycles. The molecule has 1 heterocycles. The van der Waals surface area contributed by atoms with E-state index in [0.717, 1.165) is 32.4 Å². The first-order chi connectivity index (χ1) is 9.32. The van der Waals surface area contributed by atoms with Crippen molar-refractivity contribution < 1.29 is 8.42 Å². The summed E-state index contributed by atoms with van der Waals surface area (Å²) in [5.74, 6) is 5.98. The van der Waals surface area contributed by atoms with Crippen molar-refractivity contribution in [2.24, 2.45) is 11.8 Å². The highest BCUT2D eigenvalue weighted by molar-refractivity contribution is 9.12. The average molecular weight is 446 g/mol. The number of nitrogens with one attached hydrogen (secondary N) is 1. The Balaban J connectivity index is 2.21. The van der Waals surface area contributed by atoms with Gasteiger partial charge in [-0.1, -0.05) is 6.42 Å². The molecule has 114 valence electrons. The third kappa shape index (κ3) is 3.84. The van der Waals surface area contributed by atoms with E-state index in [1.165, 1.54) is 6.26 Å². The summed E-state index contributed by atoms with van der Waals surface area (Å²) in [7, 11) is -2.97. The average Bonchev–Trinajstić information content (AvgIpc) is 2.69. The lowest BCUT2D eigenvalue weighted by molar-refractivity contribution is 0.274. The monoisotopic (exact) mass is 444 g/mol. The lowest BCUT2D eigenvalue weighted by atomic mass is 9.82. The predicted octanol–water partition coefficient (Wildman–Crippen LogP) is 3.38. The number of hydrogen-bond acceptors (Lipinski definition) is 5. The third-order valence-corrected chi connectivity index (χ3v) is 7.97. The van der Waals surface area contributed by atoms with Crippen molar-refractivity contribution in [3.05, 3.63) is 19.2 Å². The summed E-state index contributed by atoms with van der Waals surface area (Å²) in [6.07, 6.45) is 4.71. The molecular formula is C12H18Br2N2O2S2. The summed E-state index contributed by atoms with van der Waals surface area (Å²) < 4.78 is 25.6. The van der Waals surface area contributed by atoms with Gasteiger partial charge in [0, 0.05) is 6.26 Å². The molecule has 3 atom stereocenters. The fraction of sp³-hybridized carbons (Fsp3) is 0.667. The summed E-state index contributed by atoms with van der Waals surface area (Å²) in [6.45, 7) is 0. The lowest BCUT2D eigenvalue weighted by Crippen LogP contribution is -2.38. The molecule has 1 aromatic heterocycles. The van der Waals surface area contributed by atoms with Gasteiger partial charge in [-0.3, -0.25) is 11.3 Å². The second-order valence-electron chi connectivity index (χ2n) is 5.30. The molecule has 0 saturated heterocycles. The van der Waals surface area contributed by atoms with Crippen LogP contribution < -0.4 is 11.3 Å². The Kier molecular flexibility index (Phi) is 5.70. The molecule has 1 fully saturated rings. The van der Waals surface area contributed by atoms with Crippen LogP contribution in [0.25, 0.3) is 0 Å². The van der Waals surface area contributed by atoms with Crippen LogP contribution in [0.4, 0.5) is 0 Å². The van der Waals surface area contributed by atoms with Crippen LogP contribution in [-0.2, 0) is 9.84 Å². The van der Waals surface area contributed by atoms with Gasteiger partial charge >= 0.3 is 0 Å². The molecule has 0 radical (unpaired) electrons. The summed E-state index contributed by atoms with van der Waals surface area (Å²) >= 11 is 8.63. The van der Waals surface area contributed by atoms with Crippen molar-refractivity contribution in [3.8, 4) is 0 Å². The summed E-state index contributed by atoms with van der Waals surface area (Å²) in [6, 6.07) is 2.03. The van der Waals surface area contributed by atoms with E-state index in [2.05, 4.69) is 37.3 Å². The Morgan fingerprint density at radius 3 is 2.65 bits per heavy atom. The smallest absolute Gasteiger partial charge is 0.150 e. The fourth-order valence-electron chi connectivity index (χ4n) is 2.92. The van der Waals surface area contributed by atoms with Crippen molar-refractivity contribution in [2.45, 2.75) is 37.0 Å². The fourth-order valence-corrected chi connectivity index (χ4v) is 7.04. The van der Waals surface area contributed by atoms with E-state index >= 15 is 0 Å². The highest BCUT2D eigenvalue weighted by Crippen LogP contribution is 2.42. The quantitative estimate of drug-likeness (QED) is 0.550. The first-order valence-corrected chi connectivity index (χ1v) is 10.8. The van der Waals surface area contributed by atoms with Crippen LogP contribution in [0.3, 0.4) is 0 Å². The van der Waals surface area contributed by atoms with E-state index in [4.69, 9.17) is 5.84 Å². The molecule has 3 N–H and O–H groups in total. The van der Waals surface area contributed by atoms with Gasteiger partial charge < -0.3 is 0 Å². The van der Waals surface area contributed by atoms with Gasteiger partial charge in [0.15, 0.2) is 0 Å². The maximum atomic E-state index is 11.8. The van der Waals surface area contributed by atoms with Crippen LogP contribution in [-0.4, -0.2) is 19.9 Å². The van der Waals surface area contributed by atoms with E-state index in [1.807, 2.05) is 6.07 Å². The molecule has 1 saturated carbocycles. The van der Waals surface area contributed by atoms with E-state index in [0.29, 0.717) is 6.42 Å². The van der Waals surface area contributed by atoms with E-state index < -0.39 is 9.84 Å². The van der Waals surface area contributed by atoms with E-state index in [-0.39, 0.29) is 17.2 Å². The maximum absolute atomic E-state index is 11.8. The highest BCUT2D eigenvalue weighted by atomic mass is 79.9. The molecular weight excluding hydrogens is 428 g/mol. The number of hydrazine groups is 1. The number of hydrogen-bond donors (Lipinski definition) is 2. The lowest BCUT2D eigenvalue weighted by Gasteiger charge is -2.33. The molecule has 1 aliphatic carbocycles. The Bertz CT molecular complexity index is 574. The zero-order valence-corrected chi connectivity index (χ0v) is 15.9. The maximum Gasteiger partial charge on any atom is 0.150 e. The van der Waals surface area contributed by atoms with Crippen molar-refractivity contribution in [1.82, 2.24) is 5.43 Å². The molecule has 1 aliphatic rings. The minimum atomic E-state index is -2.97. The largest absolute Gasteiger partial charge is 0.271 e. The number of halogens is 2. The number of thiophene rings is 1. The van der Waals surface area contributed by atoms with Gasteiger partial charge in [-0.25, -0.2) is 8.42 Å². The number of sulfone groups is 1. The van der Waals surface area contributed by atoms with Crippen LogP contribution in [0.1, 0.15) is 37.3 Å². The van der Waals surface area contributed by atoms with Gasteiger partial charge in [-0.05, 0) is 68.7 Å². The number of rotatable bonds is 4. The Labute approximate surface area is 140 Å². The molecule has 2 rings (SSSR count). The van der Waals surface area contributed by atoms with Gasteiger partial charge in [-0.15, -0.1) is 11.3 Å². The predicted molar refractivity (Wildman–Crippen MR) is 90.4 cm³/mol. The number of nitrogens with two attached hydrogens (primary N) is 1. The Morgan fingerprint density at radius 1 is 1.45 bits per heavy atom. The molecule has 8 heteroatoms. The van der Waals surface area contributed by atoms with Crippen LogP contribution in [0, 0.1) is 5.92 Å². The van der Waals surface area contributed by atoms with E-state index in [1.54, 1.807) is 11.3 Å². The van der Waals surface area contributed by atoms with Gasteiger partial charge in [0.2, 0.25) is 0 Å². The van der Waals surface area contributed by atoms with Gasteiger partial charge in [0.1, 0.15) is 9.84 Å². The molecule has 1 aromatic rings. The molecule has 0 aliphatic heterocycles. The second-order valence-corrected chi connectivity index (χ2v) is 11.4. The zero-order valence-electron chi connectivity index (χ0n) is 11.1. The van der Waals surface area contributed by atoms with Gasteiger partial charge in [-0.2, -0.15) is 0 Å². The van der Waals surface area contributed by atoms with Crippen molar-refractivity contribution >= 4 is 53.0 Å². The minimum absolute atomic E-state index is 0.0172. The minimum Gasteiger partial charge on any atom is -0.271 e. The third-order valence-electron chi connectivity index (χ3n) is 3.94. The van der Waals surface area contributed by atoms with Crippen LogP contribution in [0.15, 0.2) is 13.6 Å². The van der Waals surface area contributed by atoms with E-state index in [9.17, 15) is 8.42 Å². The molecule has 3 unspecified atom stereocenters. The van der Waals surface area contributed by atoms with Crippen LogP contribution in [0.5, 0.6) is 0 Å². The second kappa shape index (κ2) is 6.75. The normalized spacial score (nSPS) is 25.6. The molecule has 0 amide bonds. The Morgan fingerprint density at radius 2 is 2.15 bits per heavy atom. The van der Waals surface area contributed by atoms with Gasteiger partial charge in [0.25, 0.3) is 0 Å². The first kappa shape index (κ1) is 16.9. The molecule has 20 heavy (non-hydrogen) atoms. The SMILES string of the molecule is CS(=O)(=O)C1CCCC(C(NN)c2cc(Br)sc2Br)C1.